The molecule has 1 aromatic carbocycles. The molecule has 0 heterocycles. The zero-order valence-electron chi connectivity index (χ0n) is 11.5. The molecule has 112 valence electrons. The fraction of sp³-hybridized carbons (Fsp3) is 0.500. The molecule has 1 aromatic rings. The molecule has 0 fully saturated rings. The topological polar surface area (TPSA) is 66.8 Å². The van der Waals surface area contributed by atoms with Crippen LogP contribution in [0.25, 0.3) is 0 Å². The molecule has 0 spiro atoms. The van der Waals surface area contributed by atoms with Gasteiger partial charge in [0.1, 0.15) is 15.6 Å². The van der Waals surface area contributed by atoms with E-state index in [9.17, 15) is 15.0 Å². The summed E-state index contributed by atoms with van der Waals surface area (Å²) in [4.78, 5) is 12.2. The number of carbonyl (C=O) groups excluding carboxylic acids is 1. The molecule has 0 unspecified atom stereocenters. The number of aromatic hydroxyl groups is 2. The van der Waals surface area contributed by atoms with Crippen LogP contribution in [0, 0.1) is 0 Å². The Hall–Kier alpha value is -1.13. The second-order valence-corrected chi connectivity index (χ2v) is 5.22. The number of rotatable bonds is 7. The molecule has 20 heavy (non-hydrogen) atoms. The van der Waals surface area contributed by atoms with Gasteiger partial charge >= 0.3 is 0 Å². The minimum Gasteiger partial charge on any atom is -0.505 e. The summed E-state index contributed by atoms with van der Waals surface area (Å²) in [5, 5.41) is 19.1. The Morgan fingerprint density at radius 1 is 1.10 bits per heavy atom. The van der Waals surface area contributed by atoms with Gasteiger partial charge in [0.05, 0.1) is 7.11 Å². The molecule has 0 aliphatic carbocycles. The zero-order chi connectivity index (χ0) is 15.3. The van der Waals surface area contributed by atoms with Crippen molar-refractivity contribution >= 4 is 29.0 Å². The second kappa shape index (κ2) is 7.60. The first-order valence-corrected chi connectivity index (χ1v) is 7.21. The van der Waals surface area contributed by atoms with Gasteiger partial charge < -0.3 is 14.9 Å². The molecule has 0 bridgehead atoms. The summed E-state index contributed by atoms with van der Waals surface area (Å²) in [5.74, 6) is -1.35. The SMILES string of the molecule is CCCCCCC(=O)c1c(O)c(Cl)c(O)c(Cl)c1OC. The molecule has 0 aliphatic heterocycles. The van der Waals surface area contributed by atoms with Crippen LogP contribution in [0.4, 0.5) is 0 Å². The van der Waals surface area contributed by atoms with Gasteiger partial charge in [0.15, 0.2) is 23.0 Å². The fourth-order valence-electron chi connectivity index (χ4n) is 1.93. The third-order valence-electron chi connectivity index (χ3n) is 3.03. The predicted octanol–water partition coefficient (Wildman–Crippen LogP) is 4.57. The van der Waals surface area contributed by atoms with Crippen molar-refractivity contribution in [2.45, 2.75) is 39.0 Å². The lowest BCUT2D eigenvalue weighted by Crippen LogP contribution is -2.04. The highest BCUT2D eigenvalue weighted by atomic mass is 35.5. The molecule has 4 nitrogen and oxygen atoms in total. The van der Waals surface area contributed by atoms with E-state index in [0.29, 0.717) is 6.42 Å². The van der Waals surface area contributed by atoms with Crippen LogP contribution in [-0.2, 0) is 0 Å². The van der Waals surface area contributed by atoms with E-state index in [1.165, 1.54) is 7.11 Å². The summed E-state index contributed by atoms with van der Waals surface area (Å²) in [5.41, 5.74) is -0.0724. The van der Waals surface area contributed by atoms with Gasteiger partial charge in [0, 0.05) is 6.42 Å². The van der Waals surface area contributed by atoms with Crippen LogP contribution < -0.4 is 4.74 Å². The van der Waals surface area contributed by atoms with Crippen molar-refractivity contribution in [1.82, 2.24) is 0 Å². The number of hydrogen-bond donors (Lipinski definition) is 2. The maximum atomic E-state index is 12.2. The smallest absolute Gasteiger partial charge is 0.170 e. The summed E-state index contributed by atoms with van der Waals surface area (Å²) >= 11 is 11.6. The molecular formula is C14H18Cl2O4. The Morgan fingerprint density at radius 3 is 2.30 bits per heavy atom. The maximum absolute atomic E-state index is 12.2. The highest BCUT2D eigenvalue weighted by Crippen LogP contribution is 2.48. The van der Waals surface area contributed by atoms with Crippen LogP contribution in [0.15, 0.2) is 0 Å². The van der Waals surface area contributed by atoms with E-state index in [4.69, 9.17) is 27.9 Å². The van der Waals surface area contributed by atoms with Crippen LogP contribution in [0.5, 0.6) is 17.2 Å². The molecule has 6 heteroatoms. The van der Waals surface area contributed by atoms with Crippen molar-refractivity contribution in [3.05, 3.63) is 15.6 Å². The molecule has 2 N–H and O–H groups in total. The van der Waals surface area contributed by atoms with E-state index in [0.717, 1.165) is 19.3 Å². The second-order valence-electron chi connectivity index (χ2n) is 4.47. The van der Waals surface area contributed by atoms with Crippen LogP contribution in [0.2, 0.25) is 10.0 Å². The summed E-state index contributed by atoms with van der Waals surface area (Å²) < 4.78 is 5.01. The van der Waals surface area contributed by atoms with Gasteiger partial charge in [-0.25, -0.2) is 0 Å². The van der Waals surface area contributed by atoms with Gasteiger partial charge in [-0.3, -0.25) is 4.79 Å². The molecule has 0 radical (unpaired) electrons. The first kappa shape index (κ1) is 16.9. The number of carbonyl (C=O) groups is 1. The van der Waals surface area contributed by atoms with E-state index in [-0.39, 0.29) is 33.6 Å². The monoisotopic (exact) mass is 320 g/mol. The Morgan fingerprint density at radius 2 is 1.75 bits per heavy atom. The van der Waals surface area contributed by atoms with Crippen LogP contribution >= 0.6 is 23.2 Å². The molecule has 0 amide bonds. The molecule has 0 saturated heterocycles. The molecular weight excluding hydrogens is 303 g/mol. The normalized spacial score (nSPS) is 10.6. The predicted molar refractivity (Wildman–Crippen MR) is 79.4 cm³/mol. The summed E-state index contributed by atoms with van der Waals surface area (Å²) in [6.45, 7) is 2.08. The van der Waals surface area contributed by atoms with E-state index in [1.807, 2.05) is 0 Å². The van der Waals surface area contributed by atoms with Gasteiger partial charge in [0.25, 0.3) is 0 Å². The standard InChI is InChI=1S/C14H18Cl2O4/c1-3-4-5-6-7-8(17)9-12(18)10(15)13(19)11(16)14(9)20-2/h18-19H,3-7H2,1-2H3. The van der Waals surface area contributed by atoms with E-state index >= 15 is 0 Å². The maximum Gasteiger partial charge on any atom is 0.170 e. The number of phenols is 2. The lowest BCUT2D eigenvalue weighted by molar-refractivity contribution is 0.0973. The van der Waals surface area contributed by atoms with Gasteiger partial charge in [-0.15, -0.1) is 0 Å². The molecule has 0 saturated carbocycles. The Kier molecular flexibility index (Phi) is 6.43. The zero-order valence-corrected chi connectivity index (χ0v) is 13.0. The van der Waals surface area contributed by atoms with Crippen molar-refractivity contribution in [2.75, 3.05) is 7.11 Å². The van der Waals surface area contributed by atoms with E-state index < -0.39 is 11.5 Å². The molecule has 0 atom stereocenters. The van der Waals surface area contributed by atoms with Gasteiger partial charge in [-0.05, 0) is 6.42 Å². The van der Waals surface area contributed by atoms with Crippen LogP contribution in [0.3, 0.4) is 0 Å². The van der Waals surface area contributed by atoms with E-state index in [2.05, 4.69) is 6.92 Å². The minimum absolute atomic E-state index is 0.0495. The first-order valence-electron chi connectivity index (χ1n) is 6.45. The first-order chi connectivity index (χ1) is 9.45. The number of unbranched alkanes of at least 4 members (excludes halogenated alkanes) is 3. The van der Waals surface area contributed by atoms with Crippen molar-refractivity contribution in [3.63, 3.8) is 0 Å². The van der Waals surface area contributed by atoms with Crippen molar-refractivity contribution in [2.24, 2.45) is 0 Å². The quantitative estimate of drug-likeness (QED) is 0.570. The average Bonchev–Trinajstić information content (AvgIpc) is 2.44. The Labute approximate surface area is 128 Å². The summed E-state index contributed by atoms with van der Waals surface area (Å²) in [6, 6.07) is 0. The average molecular weight is 321 g/mol. The lowest BCUT2D eigenvalue weighted by Gasteiger charge is -2.14. The number of Topliss-reactive ketones (excluding diaryl/α,β-unsaturated/α-hetero) is 1. The highest BCUT2D eigenvalue weighted by Gasteiger charge is 2.26. The van der Waals surface area contributed by atoms with E-state index in [1.54, 1.807) is 0 Å². The van der Waals surface area contributed by atoms with Crippen LogP contribution in [0.1, 0.15) is 49.4 Å². The number of ether oxygens (including phenoxy) is 1. The summed E-state index contributed by atoms with van der Waals surface area (Å²) in [6.07, 6.45) is 4.03. The highest BCUT2D eigenvalue weighted by molar-refractivity contribution is 6.40. The molecule has 0 aliphatic rings. The largest absolute Gasteiger partial charge is 0.505 e. The fourth-order valence-corrected chi connectivity index (χ4v) is 2.43. The third-order valence-corrected chi connectivity index (χ3v) is 3.74. The van der Waals surface area contributed by atoms with Crippen molar-refractivity contribution < 1.29 is 19.7 Å². The van der Waals surface area contributed by atoms with Gasteiger partial charge in [0.2, 0.25) is 0 Å². The number of halogens is 2. The van der Waals surface area contributed by atoms with Gasteiger partial charge in [-0.1, -0.05) is 49.4 Å². The number of benzene rings is 1. The molecule has 1 rings (SSSR count). The third kappa shape index (κ3) is 3.49. The Bertz CT molecular complexity index is 501. The number of phenolic OH excluding ortho intramolecular Hbond substituents is 2. The minimum atomic E-state index is -0.495. The lowest BCUT2D eigenvalue weighted by atomic mass is 10.0. The van der Waals surface area contributed by atoms with Gasteiger partial charge in [-0.2, -0.15) is 0 Å². The number of ketones is 1. The summed E-state index contributed by atoms with van der Waals surface area (Å²) in [7, 11) is 1.31. The number of methoxy groups -OCH3 is 1. The number of hydrogen-bond acceptors (Lipinski definition) is 4. The van der Waals surface area contributed by atoms with Crippen LogP contribution in [-0.4, -0.2) is 23.1 Å². The molecule has 0 aromatic heterocycles. The Balaban J connectivity index is 3.07. The van der Waals surface area contributed by atoms with Crippen molar-refractivity contribution in [3.8, 4) is 17.2 Å². The van der Waals surface area contributed by atoms with Crippen molar-refractivity contribution in [1.29, 1.82) is 0 Å².